The van der Waals surface area contributed by atoms with Gasteiger partial charge in [0.25, 0.3) is 5.91 Å². The number of hydrogen-bond acceptors (Lipinski definition) is 4. The number of carbonyl (C=O) groups excluding carboxylic acids is 1. The van der Waals surface area contributed by atoms with E-state index < -0.39 is 0 Å². The molecule has 118 valence electrons. The van der Waals surface area contributed by atoms with E-state index in [0.29, 0.717) is 16.9 Å². The Balaban J connectivity index is 1.53. The molecule has 23 heavy (non-hydrogen) atoms. The lowest BCUT2D eigenvalue weighted by atomic mass is 10.2. The monoisotopic (exact) mass is 326 g/mol. The van der Waals surface area contributed by atoms with Gasteiger partial charge in [-0.05, 0) is 37.5 Å². The molecule has 0 radical (unpaired) electrons. The fourth-order valence-corrected chi connectivity index (χ4v) is 4.07. The molecule has 2 heterocycles. The molecular formula is C17H18N4OS. The molecular weight excluding hydrogens is 308 g/mol. The summed E-state index contributed by atoms with van der Waals surface area (Å²) in [7, 11) is 0. The number of carbonyl (C=O) groups is 1. The minimum absolute atomic E-state index is 0.196. The quantitative estimate of drug-likeness (QED) is 0.786. The Bertz CT molecular complexity index is 860. The van der Waals surface area contributed by atoms with Crippen LogP contribution in [0.15, 0.2) is 30.5 Å². The summed E-state index contributed by atoms with van der Waals surface area (Å²) in [5.74, 6) is -0.196. The number of benzene rings is 1. The molecule has 1 aromatic carbocycles. The molecule has 1 aliphatic carbocycles. The molecule has 4 rings (SSSR count). The highest BCUT2D eigenvalue weighted by atomic mass is 32.1. The fourth-order valence-electron chi connectivity index (χ4n) is 3.13. The Morgan fingerprint density at radius 1 is 1.30 bits per heavy atom. The topological polar surface area (TPSA) is 59.8 Å². The zero-order valence-corrected chi connectivity index (χ0v) is 13.8. The molecule has 2 aromatic heterocycles. The first kappa shape index (κ1) is 14.4. The van der Waals surface area contributed by atoms with Crippen molar-refractivity contribution in [3.8, 4) is 0 Å². The lowest BCUT2D eigenvalue weighted by Gasteiger charge is -2.08. The van der Waals surface area contributed by atoms with Gasteiger partial charge in [0.15, 0.2) is 10.8 Å². The van der Waals surface area contributed by atoms with E-state index in [1.807, 2.05) is 36.0 Å². The molecule has 5 nitrogen and oxygen atoms in total. The maximum Gasteiger partial charge on any atom is 0.277 e. The first-order valence-corrected chi connectivity index (χ1v) is 8.75. The van der Waals surface area contributed by atoms with Gasteiger partial charge in [0.2, 0.25) is 0 Å². The maximum absolute atomic E-state index is 12.4. The van der Waals surface area contributed by atoms with Crippen LogP contribution in [0.3, 0.4) is 0 Å². The van der Waals surface area contributed by atoms with Crippen molar-refractivity contribution >= 4 is 32.6 Å². The van der Waals surface area contributed by atoms with Crippen LogP contribution in [0.25, 0.3) is 10.2 Å². The molecule has 0 unspecified atom stereocenters. The molecule has 1 saturated carbocycles. The highest BCUT2D eigenvalue weighted by molar-refractivity contribution is 7.22. The van der Waals surface area contributed by atoms with Gasteiger partial charge in [-0.3, -0.25) is 14.8 Å². The van der Waals surface area contributed by atoms with E-state index in [0.717, 1.165) is 28.6 Å². The zero-order chi connectivity index (χ0) is 15.8. The van der Waals surface area contributed by atoms with Gasteiger partial charge in [-0.15, -0.1) is 0 Å². The summed E-state index contributed by atoms with van der Waals surface area (Å²) in [5.41, 5.74) is 2.52. The van der Waals surface area contributed by atoms with Gasteiger partial charge < -0.3 is 0 Å². The molecule has 0 spiro atoms. The van der Waals surface area contributed by atoms with Crippen molar-refractivity contribution in [3.05, 3.63) is 41.7 Å². The van der Waals surface area contributed by atoms with Crippen LogP contribution in [0.1, 0.15) is 47.8 Å². The summed E-state index contributed by atoms with van der Waals surface area (Å²) in [5, 5.41) is 7.93. The smallest absolute Gasteiger partial charge is 0.277 e. The Kier molecular flexibility index (Phi) is 3.61. The third-order valence-corrected chi connectivity index (χ3v) is 5.32. The average Bonchev–Trinajstić information content (AvgIpc) is 3.27. The highest BCUT2D eigenvalue weighted by Gasteiger charge is 2.19. The number of thiazole rings is 1. The van der Waals surface area contributed by atoms with E-state index in [-0.39, 0.29) is 5.91 Å². The summed E-state index contributed by atoms with van der Waals surface area (Å²) < 4.78 is 3.02. The molecule has 6 heteroatoms. The molecule has 1 aliphatic rings. The van der Waals surface area contributed by atoms with Crippen LogP contribution in [0.2, 0.25) is 0 Å². The zero-order valence-electron chi connectivity index (χ0n) is 13.0. The van der Waals surface area contributed by atoms with E-state index >= 15 is 0 Å². The Morgan fingerprint density at radius 3 is 2.91 bits per heavy atom. The van der Waals surface area contributed by atoms with Crippen molar-refractivity contribution in [2.75, 3.05) is 5.32 Å². The van der Waals surface area contributed by atoms with Gasteiger partial charge in [0, 0.05) is 6.20 Å². The van der Waals surface area contributed by atoms with Crippen molar-refractivity contribution in [3.63, 3.8) is 0 Å². The highest BCUT2D eigenvalue weighted by Crippen LogP contribution is 2.30. The maximum atomic E-state index is 12.4. The van der Waals surface area contributed by atoms with Gasteiger partial charge in [-0.25, -0.2) is 4.98 Å². The van der Waals surface area contributed by atoms with Crippen LogP contribution in [0.5, 0.6) is 0 Å². The first-order chi connectivity index (χ1) is 11.2. The predicted molar refractivity (Wildman–Crippen MR) is 92.0 cm³/mol. The van der Waals surface area contributed by atoms with Gasteiger partial charge in [0.1, 0.15) is 0 Å². The lowest BCUT2D eigenvalue weighted by Crippen LogP contribution is -2.14. The second kappa shape index (κ2) is 5.77. The molecule has 1 fully saturated rings. The summed E-state index contributed by atoms with van der Waals surface area (Å²) in [6.45, 7) is 2.02. The average molecular weight is 326 g/mol. The first-order valence-electron chi connectivity index (χ1n) is 7.93. The number of rotatable bonds is 3. The van der Waals surface area contributed by atoms with Crippen molar-refractivity contribution in [2.45, 2.75) is 38.6 Å². The van der Waals surface area contributed by atoms with Crippen molar-refractivity contribution in [1.29, 1.82) is 0 Å². The van der Waals surface area contributed by atoms with Crippen LogP contribution in [-0.4, -0.2) is 20.7 Å². The van der Waals surface area contributed by atoms with Crippen LogP contribution in [0, 0.1) is 6.92 Å². The molecule has 0 aliphatic heterocycles. The third-order valence-electron chi connectivity index (χ3n) is 4.38. The van der Waals surface area contributed by atoms with Gasteiger partial charge >= 0.3 is 0 Å². The van der Waals surface area contributed by atoms with Crippen molar-refractivity contribution < 1.29 is 4.79 Å². The minimum Gasteiger partial charge on any atom is -0.296 e. The second-order valence-electron chi connectivity index (χ2n) is 6.01. The number of anilines is 1. The normalized spacial score (nSPS) is 15.3. The van der Waals surface area contributed by atoms with E-state index in [1.165, 1.54) is 24.2 Å². The Labute approximate surface area is 138 Å². The number of nitrogens with one attached hydrogen (secondary N) is 1. The van der Waals surface area contributed by atoms with Crippen LogP contribution < -0.4 is 5.32 Å². The molecule has 1 amide bonds. The molecule has 0 saturated heterocycles. The van der Waals surface area contributed by atoms with Crippen LogP contribution in [-0.2, 0) is 0 Å². The van der Waals surface area contributed by atoms with E-state index in [2.05, 4.69) is 15.4 Å². The summed E-state index contributed by atoms with van der Waals surface area (Å²) in [6, 6.07) is 8.28. The number of nitrogens with zero attached hydrogens (tertiary/aromatic N) is 3. The molecule has 0 bridgehead atoms. The summed E-state index contributed by atoms with van der Waals surface area (Å²) in [6.07, 6.45) is 6.71. The van der Waals surface area contributed by atoms with Crippen LogP contribution >= 0.6 is 11.3 Å². The largest absolute Gasteiger partial charge is 0.296 e. The summed E-state index contributed by atoms with van der Waals surface area (Å²) >= 11 is 1.49. The van der Waals surface area contributed by atoms with Crippen molar-refractivity contribution in [1.82, 2.24) is 14.8 Å². The summed E-state index contributed by atoms with van der Waals surface area (Å²) in [4.78, 5) is 16.9. The number of aromatic nitrogens is 3. The molecule has 3 aromatic rings. The van der Waals surface area contributed by atoms with E-state index in [9.17, 15) is 4.79 Å². The van der Waals surface area contributed by atoms with Crippen LogP contribution in [0.4, 0.5) is 5.13 Å². The number of amides is 1. The van der Waals surface area contributed by atoms with Gasteiger partial charge in [-0.1, -0.05) is 36.3 Å². The molecule has 1 N–H and O–H groups in total. The van der Waals surface area contributed by atoms with Crippen molar-refractivity contribution in [2.24, 2.45) is 0 Å². The second-order valence-corrected chi connectivity index (χ2v) is 7.04. The van der Waals surface area contributed by atoms with Gasteiger partial charge in [0.05, 0.1) is 16.3 Å². The lowest BCUT2D eigenvalue weighted by molar-refractivity contribution is 0.102. The molecule has 0 atom stereocenters. The van der Waals surface area contributed by atoms with E-state index in [4.69, 9.17) is 0 Å². The third kappa shape index (κ3) is 2.74. The number of aryl methyl sites for hydroxylation is 1. The van der Waals surface area contributed by atoms with E-state index in [1.54, 1.807) is 6.07 Å². The Morgan fingerprint density at radius 2 is 2.13 bits per heavy atom. The standard InChI is InChI=1S/C17H18N4OS/c1-11-5-4-8-14-15(11)18-17(23-14)19-16(22)13-9-10-21(20-13)12-6-2-3-7-12/h4-5,8-10,12H,2-3,6-7H2,1H3,(H,18,19,22). The fraction of sp³-hybridized carbons (Fsp3) is 0.353. The number of fused-ring (bicyclic) bond motifs is 1. The number of hydrogen-bond donors (Lipinski definition) is 1. The van der Waals surface area contributed by atoms with Gasteiger partial charge in [-0.2, -0.15) is 5.10 Å². The Hall–Kier alpha value is -2.21. The predicted octanol–water partition coefficient (Wildman–Crippen LogP) is 4.17. The minimum atomic E-state index is -0.196. The SMILES string of the molecule is Cc1cccc2sc(NC(=O)c3ccn(C4CCCC4)n3)nc12. The number of para-hydroxylation sites is 1.